The first-order valence-corrected chi connectivity index (χ1v) is 24.2. The third kappa shape index (κ3) is 9.81. The van der Waals surface area contributed by atoms with Crippen LogP contribution in [0.5, 0.6) is 11.5 Å². The average molecular weight is 1020 g/mol. The molecular weight excluding hydrogens is 967 g/mol. The number of rotatable bonds is 4. The lowest BCUT2D eigenvalue weighted by molar-refractivity contribution is 0.00578. The Kier molecular flexibility index (Phi) is 13.2. The standard InChI is InChI=1S/C23H24ClN3O5.C19H14N4O2.C12H18BNO3/c1-22(2,3)31-20(29)26-11-15-17(19(26)28)13-8-7-12-10-25-16(24)9-14(12)18(13)27(15)21(30)32-23(4,5)6;1-25-12-4-11(6-20-8-12)15-5-14-10(7-21-15)2-3-13-17-16(23-18(13)14)9-22-19(17)24;1-11(2)12(3,4)17-13(16-11)9-6-10(15-5)8-14-7-9/h7-10H,11H2,1-6H3;2-8,23H,9H2,1H3,(H,22,24);6-8H,1-5H3. The molecule has 0 unspecified atom stereocenters. The molecule has 0 bridgehead atoms. The van der Waals surface area contributed by atoms with E-state index in [1.54, 1.807) is 105 Å². The van der Waals surface area contributed by atoms with Crippen LogP contribution in [0.2, 0.25) is 5.15 Å². The number of methoxy groups -OCH3 is 2. The van der Waals surface area contributed by atoms with E-state index in [1.165, 1.54) is 4.57 Å². The quantitative estimate of drug-likeness (QED) is 0.124. The largest absolute Gasteiger partial charge is 0.496 e. The highest BCUT2D eigenvalue weighted by molar-refractivity contribution is 6.62. The van der Waals surface area contributed by atoms with Crippen molar-refractivity contribution in [1.82, 2.24) is 39.7 Å². The van der Waals surface area contributed by atoms with E-state index >= 15 is 0 Å². The molecule has 1 fully saturated rings. The minimum atomic E-state index is -0.771. The van der Waals surface area contributed by atoms with E-state index in [4.69, 9.17) is 39.9 Å². The molecule has 0 atom stereocenters. The molecule has 20 heteroatoms. The number of imide groups is 1. The number of fused-ring (bicyclic) bond motifs is 10. The van der Waals surface area contributed by atoms with E-state index in [1.807, 2.05) is 64.2 Å². The molecular formula is C54H56BClN8O10. The summed E-state index contributed by atoms with van der Waals surface area (Å²) in [6, 6.07) is 15.0. The molecule has 1 saturated heterocycles. The second kappa shape index (κ2) is 19.0. The maximum Gasteiger partial charge on any atom is 0.496 e. The molecule has 2 N–H and O–H groups in total. The summed E-state index contributed by atoms with van der Waals surface area (Å²) >= 11 is 6.13. The minimum absolute atomic E-state index is 0.0214. The van der Waals surface area contributed by atoms with Crippen molar-refractivity contribution >= 4 is 91.5 Å². The van der Waals surface area contributed by atoms with Crippen molar-refractivity contribution in [3.63, 3.8) is 0 Å². The van der Waals surface area contributed by atoms with Gasteiger partial charge in [0.05, 0.1) is 84.5 Å². The summed E-state index contributed by atoms with van der Waals surface area (Å²) in [6.07, 6.45) is 8.85. The molecule has 8 aromatic rings. The van der Waals surface area contributed by atoms with Crippen LogP contribution in [0, 0.1) is 0 Å². The van der Waals surface area contributed by atoms with Crippen LogP contribution in [0.15, 0.2) is 85.7 Å². The van der Waals surface area contributed by atoms with Gasteiger partial charge in [-0.2, -0.15) is 0 Å². The van der Waals surface area contributed by atoms with Gasteiger partial charge in [0.25, 0.3) is 11.8 Å². The molecule has 11 rings (SSSR count). The number of amides is 3. The van der Waals surface area contributed by atoms with Crippen molar-refractivity contribution in [2.75, 3.05) is 14.2 Å². The number of nitrogens with zero attached hydrogens (tertiary/aromatic N) is 6. The Morgan fingerprint density at radius 2 is 1.32 bits per heavy atom. The first-order chi connectivity index (χ1) is 34.9. The number of carbonyl (C=O) groups is 4. The highest BCUT2D eigenvalue weighted by Crippen LogP contribution is 2.40. The summed E-state index contributed by atoms with van der Waals surface area (Å²) in [5.74, 6) is 0.846. The van der Waals surface area contributed by atoms with Gasteiger partial charge in [0, 0.05) is 73.8 Å². The first-order valence-electron chi connectivity index (χ1n) is 23.8. The zero-order valence-electron chi connectivity index (χ0n) is 43.2. The monoisotopic (exact) mass is 1020 g/mol. The van der Waals surface area contributed by atoms with Crippen molar-refractivity contribution in [1.29, 1.82) is 0 Å². The number of ether oxygens (including phenoxy) is 4. The predicted octanol–water partition coefficient (Wildman–Crippen LogP) is 9.94. The van der Waals surface area contributed by atoms with Gasteiger partial charge in [0.2, 0.25) is 0 Å². The van der Waals surface area contributed by atoms with Crippen molar-refractivity contribution in [2.24, 2.45) is 0 Å². The molecule has 18 nitrogen and oxygen atoms in total. The van der Waals surface area contributed by atoms with Gasteiger partial charge in [-0.05, 0) is 93.5 Å². The third-order valence-electron chi connectivity index (χ3n) is 13.0. The summed E-state index contributed by atoms with van der Waals surface area (Å²) in [5, 5.41) is 8.03. The SMILES string of the molecule is CC(C)(C)OC(=O)N1Cc2c(c3ccc4cnc(Cl)cc4c3n2C(=O)OC(C)(C)C)C1=O.COc1cncc(-c2cc3c(ccc4c5c([nH]c43)CNC5=O)cn2)c1.COc1cncc(B2OC(C)(C)C(C)(C)O2)c1. The fraction of sp³-hybridized carbons (Fsp3) is 0.333. The zero-order chi connectivity index (χ0) is 53.2. The second-order valence-corrected chi connectivity index (χ2v) is 21.4. The van der Waals surface area contributed by atoms with E-state index in [2.05, 4.69) is 30.2 Å². The van der Waals surface area contributed by atoms with Gasteiger partial charge in [0.15, 0.2) is 0 Å². The zero-order valence-corrected chi connectivity index (χ0v) is 44.0. The Balaban J connectivity index is 0.000000143. The van der Waals surface area contributed by atoms with Gasteiger partial charge in [-0.15, -0.1) is 0 Å². The van der Waals surface area contributed by atoms with Gasteiger partial charge in [-0.3, -0.25) is 24.5 Å². The molecule has 6 aromatic heterocycles. The van der Waals surface area contributed by atoms with Crippen LogP contribution in [0.1, 0.15) is 101 Å². The van der Waals surface area contributed by atoms with Crippen LogP contribution in [0.4, 0.5) is 9.59 Å². The smallest absolute Gasteiger partial charge is 0.495 e. The Morgan fingerprint density at radius 1 is 0.716 bits per heavy atom. The molecule has 0 radical (unpaired) electrons. The van der Waals surface area contributed by atoms with E-state index < -0.39 is 29.3 Å². The number of hydrogen-bond donors (Lipinski definition) is 2. The molecule has 3 aliphatic rings. The number of aromatic amines is 1. The molecule has 0 spiro atoms. The van der Waals surface area contributed by atoms with Gasteiger partial charge >= 0.3 is 19.3 Å². The first kappa shape index (κ1) is 51.3. The van der Waals surface area contributed by atoms with Crippen LogP contribution >= 0.6 is 11.6 Å². The maximum atomic E-state index is 13.3. The minimum Gasteiger partial charge on any atom is -0.495 e. The fourth-order valence-electron chi connectivity index (χ4n) is 8.81. The van der Waals surface area contributed by atoms with Crippen LogP contribution in [0.3, 0.4) is 0 Å². The normalized spacial score (nSPS) is 15.6. The fourth-order valence-corrected chi connectivity index (χ4v) is 8.97. The Hall–Kier alpha value is -7.61. The van der Waals surface area contributed by atoms with Gasteiger partial charge in [-0.1, -0.05) is 35.9 Å². The summed E-state index contributed by atoms with van der Waals surface area (Å²) in [7, 11) is 2.84. The van der Waals surface area contributed by atoms with E-state index in [9.17, 15) is 19.2 Å². The number of carbonyl (C=O) groups excluding carboxylic acids is 4. The van der Waals surface area contributed by atoms with Crippen molar-refractivity contribution in [2.45, 2.75) is 105 Å². The summed E-state index contributed by atoms with van der Waals surface area (Å²) < 4.78 is 34.6. The molecule has 74 heavy (non-hydrogen) atoms. The Bertz CT molecular complexity index is 3560. The van der Waals surface area contributed by atoms with Gasteiger partial charge < -0.3 is 38.6 Å². The maximum absolute atomic E-state index is 13.3. The lowest BCUT2D eigenvalue weighted by atomic mass is 9.80. The van der Waals surface area contributed by atoms with Crippen LogP contribution in [-0.2, 0) is 31.9 Å². The van der Waals surface area contributed by atoms with Crippen LogP contribution in [0.25, 0.3) is 54.6 Å². The molecule has 9 heterocycles. The Morgan fingerprint density at radius 3 is 1.99 bits per heavy atom. The van der Waals surface area contributed by atoms with E-state index in [-0.39, 0.29) is 41.5 Å². The molecule has 0 saturated carbocycles. The molecule has 3 aliphatic heterocycles. The van der Waals surface area contributed by atoms with E-state index in [0.29, 0.717) is 40.0 Å². The topological polar surface area (TPSA) is 211 Å². The van der Waals surface area contributed by atoms with Crippen LogP contribution < -0.4 is 20.3 Å². The van der Waals surface area contributed by atoms with Crippen LogP contribution in [-0.4, -0.2) is 102 Å². The lowest BCUT2D eigenvalue weighted by Gasteiger charge is -2.32. The molecule has 2 aromatic carbocycles. The molecule has 3 amide bonds. The molecule has 0 aliphatic carbocycles. The third-order valence-corrected chi connectivity index (χ3v) is 13.2. The number of halogens is 1. The Labute approximate surface area is 432 Å². The summed E-state index contributed by atoms with van der Waals surface area (Å²) in [5.41, 5.74) is 4.15. The predicted molar refractivity (Wildman–Crippen MR) is 281 cm³/mol. The number of aromatic nitrogens is 6. The number of H-pyrrole nitrogens is 1. The summed E-state index contributed by atoms with van der Waals surface area (Å²) in [6.45, 7) is 19.0. The van der Waals surface area contributed by atoms with Crippen molar-refractivity contribution in [3.8, 4) is 22.8 Å². The van der Waals surface area contributed by atoms with Gasteiger partial charge in [0.1, 0.15) is 27.9 Å². The second-order valence-electron chi connectivity index (χ2n) is 21.0. The average Bonchev–Trinajstić information content (AvgIpc) is 4.13. The highest BCUT2D eigenvalue weighted by atomic mass is 35.5. The van der Waals surface area contributed by atoms with Crippen molar-refractivity contribution in [3.05, 3.63) is 113 Å². The lowest BCUT2D eigenvalue weighted by Crippen LogP contribution is -2.41. The van der Waals surface area contributed by atoms with E-state index in [0.717, 1.165) is 59.9 Å². The number of pyridine rings is 4. The number of hydrogen-bond acceptors (Lipinski definition) is 14. The highest BCUT2D eigenvalue weighted by Gasteiger charge is 2.52. The number of benzene rings is 2. The summed E-state index contributed by atoms with van der Waals surface area (Å²) in [4.78, 5) is 72.7. The van der Waals surface area contributed by atoms with Gasteiger partial charge in [-0.25, -0.2) is 24.0 Å². The number of nitrogens with one attached hydrogen (secondary N) is 2. The molecule has 382 valence electrons. The van der Waals surface area contributed by atoms with Crippen molar-refractivity contribution < 1.29 is 47.4 Å².